The second kappa shape index (κ2) is 7.41. The normalized spacial score (nSPS) is 18.1. The Morgan fingerprint density at radius 2 is 1.91 bits per heavy atom. The van der Waals surface area contributed by atoms with Crippen molar-refractivity contribution in [1.82, 2.24) is 4.72 Å². The van der Waals surface area contributed by atoms with Crippen LogP contribution in [0, 0.1) is 5.41 Å². The van der Waals surface area contributed by atoms with Crippen LogP contribution in [0.3, 0.4) is 0 Å². The van der Waals surface area contributed by atoms with Gasteiger partial charge >= 0.3 is 0 Å². The minimum atomic E-state index is -3.60. The molecule has 0 atom stereocenters. The highest BCUT2D eigenvalue weighted by Crippen LogP contribution is 2.29. The molecule has 1 fully saturated rings. The zero-order valence-electron chi connectivity index (χ0n) is 12.7. The lowest BCUT2D eigenvalue weighted by Crippen LogP contribution is -2.43. The van der Waals surface area contributed by atoms with Crippen molar-refractivity contribution in [3.8, 4) is 5.75 Å². The highest BCUT2D eigenvalue weighted by Gasteiger charge is 2.33. The molecule has 124 valence electrons. The molecule has 6 nitrogen and oxygen atoms in total. The predicted octanol–water partition coefficient (Wildman–Crippen LogP) is 1.15. The molecule has 22 heavy (non-hydrogen) atoms. The van der Waals surface area contributed by atoms with E-state index in [0.29, 0.717) is 38.4 Å². The minimum Gasteiger partial charge on any atom is -0.494 e. The van der Waals surface area contributed by atoms with Crippen LogP contribution < -0.4 is 9.46 Å². The Kier molecular flexibility index (Phi) is 5.80. The fraction of sp³-hybridized carbons (Fsp3) is 0.600. The van der Waals surface area contributed by atoms with Gasteiger partial charge in [0, 0.05) is 25.2 Å². The van der Waals surface area contributed by atoms with Gasteiger partial charge in [0.25, 0.3) is 0 Å². The monoisotopic (exact) mass is 329 g/mol. The largest absolute Gasteiger partial charge is 0.494 e. The topological polar surface area (TPSA) is 84.9 Å². The number of benzene rings is 1. The maximum Gasteiger partial charge on any atom is 0.240 e. The first kappa shape index (κ1) is 17.2. The molecule has 1 aliphatic rings. The molecule has 0 spiro atoms. The third kappa shape index (κ3) is 4.19. The van der Waals surface area contributed by atoms with E-state index >= 15 is 0 Å². The second-order valence-corrected chi connectivity index (χ2v) is 7.27. The van der Waals surface area contributed by atoms with Gasteiger partial charge in [-0.3, -0.25) is 0 Å². The fourth-order valence-corrected chi connectivity index (χ4v) is 3.57. The van der Waals surface area contributed by atoms with Crippen LogP contribution in [0.15, 0.2) is 29.2 Å². The predicted molar refractivity (Wildman–Crippen MR) is 82.4 cm³/mol. The summed E-state index contributed by atoms with van der Waals surface area (Å²) < 4.78 is 37.9. The molecule has 0 unspecified atom stereocenters. The van der Waals surface area contributed by atoms with Crippen LogP contribution in [0.5, 0.6) is 5.75 Å². The molecule has 1 aromatic carbocycles. The summed E-state index contributed by atoms with van der Waals surface area (Å²) in [4.78, 5) is 0.191. The zero-order valence-corrected chi connectivity index (χ0v) is 13.6. The third-order valence-corrected chi connectivity index (χ3v) is 5.39. The fourth-order valence-electron chi connectivity index (χ4n) is 2.41. The molecule has 0 aromatic heterocycles. The maximum absolute atomic E-state index is 12.3. The summed E-state index contributed by atoms with van der Waals surface area (Å²) in [6.45, 7) is 3.65. The Balaban J connectivity index is 2.03. The smallest absolute Gasteiger partial charge is 0.240 e. The number of nitrogens with one attached hydrogen (secondary N) is 1. The molecule has 2 N–H and O–H groups in total. The van der Waals surface area contributed by atoms with E-state index in [1.165, 1.54) is 12.1 Å². The molecule has 0 bridgehead atoms. The van der Waals surface area contributed by atoms with Crippen LogP contribution in [-0.2, 0) is 14.8 Å². The van der Waals surface area contributed by atoms with Gasteiger partial charge in [-0.15, -0.1) is 0 Å². The molecular weight excluding hydrogens is 306 g/mol. The number of ether oxygens (including phenoxy) is 2. The Labute approximate surface area is 131 Å². The number of aliphatic hydroxyl groups is 1. The van der Waals surface area contributed by atoms with E-state index in [1.54, 1.807) is 12.1 Å². The Morgan fingerprint density at radius 3 is 2.45 bits per heavy atom. The van der Waals surface area contributed by atoms with E-state index in [0.717, 1.165) is 0 Å². The van der Waals surface area contributed by atoms with Gasteiger partial charge in [-0.2, -0.15) is 0 Å². The van der Waals surface area contributed by atoms with Crippen LogP contribution in [-0.4, -0.2) is 46.5 Å². The van der Waals surface area contributed by atoms with Crippen molar-refractivity contribution in [3.05, 3.63) is 24.3 Å². The SMILES string of the molecule is CCOc1ccc(S(=O)(=O)NCC2(CO)CCOCC2)cc1. The van der Waals surface area contributed by atoms with Gasteiger partial charge in [0.15, 0.2) is 0 Å². The lowest BCUT2D eigenvalue weighted by molar-refractivity contribution is -0.0126. The van der Waals surface area contributed by atoms with Crippen molar-refractivity contribution in [3.63, 3.8) is 0 Å². The van der Waals surface area contributed by atoms with Crippen LogP contribution in [0.4, 0.5) is 0 Å². The summed E-state index contributed by atoms with van der Waals surface area (Å²) >= 11 is 0. The molecule has 7 heteroatoms. The quantitative estimate of drug-likeness (QED) is 0.784. The van der Waals surface area contributed by atoms with Crippen molar-refractivity contribution in [2.45, 2.75) is 24.7 Å². The van der Waals surface area contributed by atoms with Gasteiger partial charge in [-0.05, 0) is 44.0 Å². The molecular formula is C15H23NO5S. The number of rotatable bonds is 7. The van der Waals surface area contributed by atoms with E-state index in [2.05, 4.69) is 4.72 Å². The molecule has 0 radical (unpaired) electrons. The average Bonchev–Trinajstić information content (AvgIpc) is 2.55. The molecule has 2 rings (SSSR count). The van der Waals surface area contributed by atoms with Crippen molar-refractivity contribution in [1.29, 1.82) is 0 Å². The summed E-state index contributed by atoms with van der Waals surface area (Å²) in [5.41, 5.74) is -0.434. The second-order valence-electron chi connectivity index (χ2n) is 5.50. The zero-order chi connectivity index (χ0) is 16.1. The van der Waals surface area contributed by atoms with Crippen molar-refractivity contribution in [2.24, 2.45) is 5.41 Å². The van der Waals surface area contributed by atoms with Crippen LogP contribution in [0.25, 0.3) is 0 Å². The summed E-state index contributed by atoms with van der Waals surface area (Å²) in [5, 5.41) is 9.60. The van der Waals surface area contributed by atoms with Gasteiger partial charge < -0.3 is 14.6 Å². The first-order valence-electron chi connectivity index (χ1n) is 7.42. The summed E-state index contributed by atoms with van der Waals surface area (Å²) in [7, 11) is -3.60. The lowest BCUT2D eigenvalue weighted by Gasteiger charge is -2.35. The molecule has 1 heterocycles. The van der Waals surface area contributed by atoms with Crippen LogP contribution in [0.1, 0.15) is 19.8 Å². The van der Waals surface area contributed by atoms with Crippen molar-refractivity contribution >= 4 is 10.0 Å². The standard InChI is InChI=1S/C15H23NO5S/c1-2-21-13-3-5-14(6-4-13)22(18,19)16-11-15(12-17)7-9-20-10-8-15/h3-6,16-17H,2,7-12H2,1H3. The van der Waals surface area contributed by atoms with Crippen LogP contribution in [0.2, 0.25) is 0 Å². The van der Waals surface area contributed by atoms with Gasteiger partial charge in [0.1, 0.15) is 5.75 Å². The highest BCUT2D eigenvalue weighted by molar-refractivity contribution is 7.89. The molecule has 1 saturated heterocycles. The average molecular weight is 329 g/mol. The number of sulfonamides is 1. The van der Waals surface area contributed by atoms with Crippen LogP contribution >= 0.6 is 0 Å². The first-order chi connectivity index (χ1) is 10.5. The van der Waals surface area contributed by atoms with E-state index in [1.807, 2.05) is 6.92 Å². The van der Waals surface area contributed by atoms with E-state index in [4.69, 9.17) is 9.47 Å². The molecule has 0 aliphatic carbocycles. The molecule has 1 aromatic rings. The molecule has 0 amide bonds. The van der Waals surface area contributed by atoms with E-state index in [9.17, 15) is 13.5 Å². The summed E-state index contributed by atoms with van der Waals surface area (Å²) in [6.07, 6.45) is 1.30. The lowest BCUT2D eigenvalue weighted by atomic mass is 9.81. The van der Waals surface area contributed by atoms with Crippen molar-refractivity contribution in [2.75, 3.05) is 33.0 Å². The third-order valence-electron chi connectivity index (χ3n) is 3.97. The maximum atomic E-state index is 12.3. The molecule has 0 saturated carbocycles. The first-order valence-corrected chi connectivity index (χ1v) is 8.91. The highest BCUT2D eigenvalue weighted by atomic mass is 32.2. The van der Waals surface area contributed by atoms with E-state index < -0.39 is 15.4 Å². The minimum absolute atomic E-state index is 0.0534. The van der Waals surface area contributed by atoms with Gasteiger partial charge in [0.2, 0.25) is 10.0 Å². The number of hydrogen-bond acceptors (Lipinski definition) is 5. The Morgan fingerprint density at radius 1 is 1.27 bits per heavy atom. The molecule has 1 aliphatic heterocycles. The number of aliphatic hydroxyl groups excluding tert-OH is 1. The van der Waals surface area contributed by atoms with Gasteiger partial charge in [0.05, 0.1) is 18.1 Å². The Bertz CT molecular complexity index is 564. The number of hydrogen-bond donors (Lipinski definition) is 2. The van der Waals surface area contributed by atoms with Crippen molar-refractivity contribution < 1.29 is 23.0 Å². The van der Waals surface area contributed by atoms with E-state index in [-0.39, 0.29) is 18.0 Å². The Hall–Kier alpha value is -1.15. The van der Waals surface area contributed by atoms with Gasteiger partial charge in [-0.1, -0.05) is 0 Å². The summed E-state index contributed by atoms with van der Waals surface area (Å²) in [6, 6.07) is 6.30. The van der Waals surface area contributed by atoms with Gasteiger partial charge in [-0.25, -0.2) is 13.1 Å². The summed E-state index contributed by atoms with van der Waals surface area (Å²) in [5.74, 6) is 0.637.